The molecule has 2 rings (SSSR count). The summed E-state index contributed by atoms with van der Waals surface area (Å²) in [6, 6.07) is 8.33. The Bertz CT molecular complexity index is 550. The van der Waals surface area contributed by atoms with Gasteiger partial charge in [0.05, 0.1) is 24.0 Å². The van der Waals surface area contributed by atoms with Gasteiger partial charge in [0.15, 0.2) is 0 Å². The van der Waals surface area contributed by atoms with Gasteiger partial charge < -0.3 is 10.1 Å². The molecule has 0 aliphatic rings. The van der Waals surface area contributed by atoms with E-state index in [1.54, 1.807) is 7.11 Å². The van der Waals surface area contributed by atoms with Crippen LogP contribution in [0.1, 0.15) is 29.9 Å². The van der Waals surface area contributed by atoms with Gasteiger partial charge in [-0.1, -0.05) is 17.3 Å². The summed E-state index contributed by atoms with van der Waals surface area (Å²) in [6.07, 6.45) is 0. The van der Waals surface area contributed by atoms with Crippen molar-refractivity contribution in [3.63, 3.8) is 0 Å². The van der Waals surface area contributed by atoms with Crippen LogP contribution in [0.5, 0.6) is 0 Å². The third kappa shape index (κ3) is 2.83. The van der Waals surface area contributed by atoms with Crippen LogP contribution in [0.4, 0.5) is 0 Å². The van der Waals surface area contributed by atoms with Gasteiger partial charge in [-0.25, -0.2) is 4.68 Å². The molecule has 1 N–H and O–H groups in total. The highest BCUT2D eigenvalue weighted by molar-refractivity contribution is 5.37. The van der Waals surface area contributed by atoms with Crippen LogP contribution in [0, 0.1) is 6.92 Å². The van der Waals surface area contributed by atoms with E-state index >= 15 is 0 Å². The third-order valence-electron chi connectivity index (χ3n) is 3.24. The van der Waals surface area contributed by atoms with Gasteiger partial charge in [-0.2, -0.15) is 0 Å². The Morgan fingerprint density at radius 1 is 1.42 bits per heavy atom. The van der Waals surface area contributed by atoms with Crippen molar-refractivity contribution in [2.45, 2.75) is 26.5 Å². The fourth-order valence-corrected chi connectivity index (χ4v) is 2.07. The number of ether oxygens (including phenoxy) is 1. The lowest BCUT2D eigenvalue weighted by Gasteiger charge is -2.09. The van der Waals surface area contributed by atoms with Crippen LogP contribution < -0.4 is 5.32 Å². The molecule has 0 radical (unpaired) electrons. The number of methoxy groups -OCH3 is 1. The van der Waals surface area contributed by atoms with Crippen LogP contribution in [0.25, 0.3) is 5.69 Å². The molecule has 1 unspecified atom stereocenters. The van der Waals surface area contributed by atoms with E-state index < -0.39 is 0 Å². The molecule has 0 spiro atoms. The zero-order valence-electron chi connectivity index (χ0n) is 11.8. The maximum absolute atomic E-state index is 5.15. The smallest absolute Gasteiger partial charge is 0.103 e. The quantitative estimate of drug-likeness (QED) is 0.893. The van der Waals surface area contributed by atoms with E-state index in [-0.39, 0.29) is 6.04 Å². The molecule has 0 fully saturated rings. The Morgan fingerprint density at radius 2 is 2.21 bits per heavy atom. The molecule has 19 heavy (non-hydrogen) atoms. The fourth-order valence-electron chi connectivity index (χ4n) is 2.07. The standard InChI is InChI=1S/C14H20N4O/c1-10(15-3)14-11(2)18(17-16-14)13-7-5-6-12(8-13)9-19-4/h5-8,10,15H,9H2,1-4H3. The average molecular weight is 260 g/mol. The Balaban J connectivity index is 2.36. The first-order chi connectivity index (χ1) is 9.17. The van der Waals surface area contributed by atoms with Gasteiger partial charge in [0.25, 0.3) is 0 Å². The largest absolute Gasteiger partial charge is 0.380 e. The van der Waals surface area contributed by atoms with Crippen molar-refractivity contribution in [2.75, 3.05) is 14.2 Å². The molecule has 1 atom stereocenters. The summed E-state index contributed by atoms with van der Waals surface area (Å²) in [6.45, 7) is 4.70. The summed E-state index contributed by atoms with van der Waals surface area (Å²) >= 11 is 0. The van der Waals surface area contributed by atoms with E-state index in [0.717, 1.165) is 22.6 Å². The predicted octanol–water partition coefficient (Wildman–Crippen LogP) is 2.00. The van der Waals surface area contributed by atoms with E-state index in [0.29, 0.717) is 6.61 Å². The molecule has 1 heterocycles. The number of nitrogens with zero attached hydrogens (tertiary/aromatic N) is 3. The minimum atomic E-state index is 0.191. The van der Waals surface area contributed by atoms with Crippen LogP contribution in [-0.2, 0) is 11.3 Å². The lowest BCUT2D eigenvalue weighted by Crippen LogP contribution is -2.14. The first-order valence-electron chi connectivity index (χ1n) is 6.35. The monoisotopic (exact) mass is 260 g/mol. The highest BCUT2D eigenvalue weighted by atomic mass is 16.5. The highest BCUT2D eigenvalue weighted by Gasteiger charge is 2.14. The summed E-state index contributed by atoms with van der Waals surface area (Å²) in [5.74, 6) is 0. The highest BCUT2D eigenvalue weighted by Crippen LogP contribution is 2.18. The van der Waals surface area contributed by atoms with E-state index in [9.17, 15) is 0 Å². The van der Waals surface area contributed by atoms with Crippen LogP contribution in [0.3, 0.4) is 0 Å². The molecule has 0 saturated carbocycles. The van der Waals surface area contributed by atoms with Gasteiger partial charge in [0.1, 0.15) is 5.69 Å². The molecule has 1 aromatic carbocycles. The number of aromatic nitrogens is 3. The first kappa shape index (κ1) is 13.7. The average Bonchev–Trinajstić information content (AvgIpc) is 2.80. The van der Waals surface area contributed by atoms with Gasteiger partial charge in [0, 0.05) is 7.11 Å². The molecular weight excluding hydrogens is 240 g/mol. The Labute approximate surface area is 113 Å². The molecule has 0 bridgehead atoms. The third-order valence-corrected chi connectivity index (χ3v) is 3.24. The van der Waals surface area contributed by atoms with Crippen molar-refractivity contribution in [1.29, 1.82) is 0 Å². The number of benzene rings is 1. The van der Waals surface area contributed by atoms with Gasteiger partial charge in [0.2, 0.25) is 0 Å². The topological polar surface area (TPSA) is 52.0 Å². The maximum Gasteiger partial charge on any atom is 0.103 e. The maximum atomic E-state index is 5.15. The van der Waals surface area contributed by atoms with Crippen molar-refractivity contribution in [3.8, 4) is 5.69 Å². The minimum absolute atomic E-state index is 0.191. The molecule has 1 aromatic heterocycles. The van der Waals surface area contributed by atoms with Gasteiger partial charge in [-0.15, -0.1) is 5.10 Å². The van der Waals surface area contributed by atoms with Crippen molar-refractivity contribution in [3.05, 3.63) is 41.2 Å². The molecule has 102 valence electrons. The van der Waals surface area contributed by atoms with E-state index in [4.69, 9.17) is 4.74 Å². The second kappa shape index (κ2) is 5.95. The zero-order valence-corrected chi connectivity index (χ0v) is 11.8. The molecule has 5 nitrogen and oxygen atoms in total. The minimum Gasteiger partial charge on any atom is -0.380 e. The molecule has 5 heteroatoms. The van der Waals surface area contributed by atoms with Crippen molar-refractivity contribution >= 4 is 0 Å². The zero-order chi connectivity index (χ0) is 13.8. The van der Waals surface area contributed by atoms with Crippen molar-refractivity contribution in [2.24, 2.45) is 0 Å². The molecule has 0 aliphatic carbocycles. The SMILES string of the molecule is CNC(C)c1nnn(-c2cccc(COC)c2)c1C. The molecule has 2 aromatic rings. The number of hydrogen-bond donors (Lipinski definition) is 1. The van der Waals surface area contributed by atoms with Crippen molar-refractivity contribution < 1.29 is 4.74 Å². The molecule has 0 amide bonds. The second-order valence-corrected chi connectivity index (χ2v) is 4.59. The van der Waals surface area contributed by atoms with E-state index in [1.807, 2.05) is 36.9 Å². The molecular formula is C14H20N4O. The number of nitrogens with one attached hydrogen (secondary N) is 1. The van der Waals surface area contributed by atoms with Gasteiger partial charge >= 0.3 is 0 Å². The number of rotatable bonds is 5. The van der Waals surface area contributed by atoms with Crippen LogP contribution in [0.2, 0.25) is 0 Å². The Hall–Kier alpha value is -1.72. The predicted molar refractivity (Wildman–Crippen MR) is 74.3 cm³/mol. The van der Waals surface area contributed by atoms with Gasteiger partial charge in [-0.05, 0) is 38.6 Å². The first-order valence-corrected chi connectivity index (χ1v) is 6.35. The summed E-state index contributed by atoms with van der Waals surface area (Å²) in [5.41, 5.74) is 4.16. The second-order valence-electron chi connectivity index (χ2n) is 4.59. The van der Waals surface area contributed by atoms with Crippen molar-refractivity contribution in [1.82, 2.24) is 20.3 Å². The lowest BCUT2D eigenvalue weighted by molar-refractivity contribution is 0.185. The van der Waals surface area contributed by atoms with Crippen LogP contribution >= 0.6 is 0 Å². The van der Waals surface area contributed by atoms with Crippen LogP contribution in [-0.4, -0.2) is 29.2 Å². The molecule has 0 aliphatic heterocycles. The molecule has 0 saturated heterocycles. The number of hydrogen-bond acceptors (Lipinski definition) is 4. The fraction of sp³-hybridized carbons (Fsp3) is 0.429. The summed E-state index contributed by atoms with van der Waals surface area (Å²) in [4.78, 5) is 0. The summed E-state index contributed by atoms with van der Waals surface area (Å²) < 4.78 is 7.02. The summed E-state index contributed by atoms with van der Waals surface area (Å²) in [7, 11) is 3.61. The Kier molecular flexibility index (Phi) is 4.29. The lowest BCUT2D eigenvalue weighted by atomic mass is 10.2. The van der Waals surface area contributed by atoms with E-state index in [1.165, 1.54) is 0 Å². The Morgan fingerprint density at radius 3 is 2.89 bits per heavy atom. The van der Waals surface area contributed by atoms with E-state index in [2.05, 4.69) is 28.6 Å². The normalized spacial score (nSPS) is 12.6. The van der Waals surface area contributed by atoms with Crippen LogP contribution in [0.15, 0.2) is 24.3 Å². The van der Waals surface area contributed by atoms with Gasteiger partial charge in [-0.3, -0.25) is 0 Å². The summed E-state index contributed by atoms with van der Waals surface area (Å²) in [5, 5.41) is 11.7.